The average molecular weight is 392 g/mol. The van der Waals surface area contributed by atoms with E-state index in [2.05, 4.69) is 9.47 Å². The number of carbonyl (C=O) groups excluding carboxylic acids is 3. The van der Waals surface area contributed by atoms with E-state index in [-0.39, 0.29) is 33.0 Å². The molecule has 0 bridgehead atoms. The molecule has 0 radical (unpaired) electrons. The maximum Gasteiger partial charge on any atom is 0.510 e. The van der Waals surface area contributed by atoms with Crippen LogP contribution in [0.15, 0.2) is 0 Å². The quantitative estimate of drug-likeness (QED) is 0.388. The van der Waals surface area contributed by atoms with Gasteiger partial charge in [0, 0.05) is 0 Å². The predicted octanol–water partition coefficient (Wildman–Crippen LogP) is 1.05. The third kappa shape index (κ3) is 5.34. The van der Waals surface area contributed by atoms with Crippen LogP contribution in [0.2, 0.25) is 0 Å². The molecular weight excluding hydrogens is 372 g/mol. The fourth-order valence-electron chi connectivity index (χ4n) is 2.69. The zero-order valence-electron chi connectivity index (χ0n) is 14.6. The first-order chi connectivity index (χ1) is 13.0. The van der Waals surface area contributed by atoms with E-state index < -0.39 is 42.9 Å². The standard InChI is InChI=1S/C15H20O12/c1-2-3-15(27-11-6-21-14(18)26-11,7-22-9-4-19-12(16)24-9)8-23-10-5-20-13(17)25-10/h9-11H,2-8H2,1H3. The van der Waals surface area contributed by atoms with Crippen LogP contribution in [-0.4, -0.2) is 76.0 Å². The summed E-state index contributed by atoms with van der Waals surface area (Å²) >= 11 is 0. The summed E-state index contributed by atoms with van der Waals surface area (Å²) in [6, 6.07) is 0. The number of carbonyl (C=O) groups is 3. The molecule has 0 spiro atoms. The maximum absolute atomic E-state index is 11.2. The lowest BCUT2D eigenvalue weighted by Gasteiger charge is -2.35. The molecule has 0 aromatic rings. The van der Waals surface area contributed by atoms with Crippen molar-refractivity contribution in [1.29, 1.82) is 0 Å². The lowest BCUT2D eigenvalue weighted by atomic mass is 9.99. The first-order valence-corrected chi connectivity index (χ1v) is 8.39. The van der Waals surface area contributed by atoms with Crippen molar-refractivity contribution < 1.29 is 57.0 Å². The Hall–Kier alpha value is -2.31. The monoisotopic (exact) mass is 392 g/mol. The molecule has 3 aliphatic rings. The molecule has 3 rings (SSSR count). The summed E-state index contributed by atoms with van der Waals surface area (Å²) in [6.45, 7) is 1.56. The number of ether oxygens (including phenoxy) is 9. The number of rotatable bonds is 10. The van der Waals surface area contributed by atoms with Crippen LogP contribution in [-0.2, 0) is 42.6 Å². The molecule has 152 valence electrons. The van der Waals surface area contributed by atoms with Gasteiger partial charge in [0.15, 0.2) is 19.8 Å². The first kappa shape index (κ1) is 19.5. The summed E-state index contributed by atoms with van der Waals surface area (Å²) in [4.78, 5) is 33.2. The molecule has 0 saturated carbocycles. The van der Waals surface area contributed by atoms with Crippen LogP contribution in [0.25, 0.3) is 0 Å². The predicted molar refractivity (Wildman–Crippen MR) is 79.3 cm³/mol. The Labute approximate surface area is 153 Å². The largest absolute Gasteiger partial charge is 0.510 e. The molecule has 0 aromatic heterocycles. The molecule has 12 nitrogen and oxygen atoms in total. The van der Waals surface area contributed by atoms with Crippen molar-refractivity contribution in [3.05, 3.63) is 0 Å². The molecule has 3 atom stereocenters. The van der Waals surface area contributed by atoms with E-state index in [9.17, 15) is 14.4 Å². The average Bonchev–Trinajstić information content (AvgIpc) is 3.34. The lowest BCUT2D eigenvalue weighted by molar-refractivity contribution is -0.244. The van der Waals surface area contributed by atoms with Crippen LogP contribution in [0.1, 0.15) is 19.8 Å². The maximum atomic E-state index is 11.2. The Balaban J connectivity index is 1.64. The molecule has 0 aliphatic carbocycles. The minimum Gasteiger partial charge on any atom is -0.428 e. The minimum absolute atomic E-state index is 0.0580. The van der Waals surface area contributed by atoms with Gasteiger partial charge in [-0.2, -0.15) is 0 Å². The van der Waals surface area contributed by atoms with Gasteiger partial charge in [-0.1, -0.05) is 13.3 Å². The molecule has 3 aliphatic heterocycles. The number of hydrogen-bond donors (Lipinski definition) is 0. The first-order valence-electron chi connectivity index (χ1n) is 8.39. The normalized spacial score (nSPS) is 29.2. The second-order valence-electron chi connectivity index (χ2n) is 6.00. The van der Waals surface area contributed by atoms with Crippen LogP contribution in [0, 0.1) is 0 Å². The van der Waals surface area contributed by atoms with Gasteiger partial charge in [-0.3, -0.25) is 0 Å². The van der Waals surface area contributed by atoms with Crippen molar-refractivity contribution in [3.63, 3.8) is 0 Å². The van der Waals surface area contributed by atoms with E-state index in [1.807, 2.05) is 6.92 Å². The van der Waals surface area contributed by atoms with Crippen LogP contribution in [0.4, 0.5) is 14.4 Å². The topological polar surface area (TPSA) is 134 Å². The van der Waals surface area contributed by atoms with Gasteiger partial charge >= 0.3 is 18.5 Å². The van der Waals surface area contributed by atoms with Crippen molar-refractivity contribution in [2.45, 2.75) is 44.2 Å². The molecule has 12 heteroatoms. The van der Waals surface area contributed by atoms with E-state index in [4.69, 9.17) is 33.2 Å². The van der Waals surface area contributed by atoms with Gasteiger partial charge in [0.2, 0.25) is 18.9 Å². The third-order valence-corrected chi connectivity index (χ3v) is 3.85. The fourth-order valence-corrected chi connectivity index (χ4v) is 2.69. The van der Waals surface area contributed by atoms with Crippen molar-refractivity contribution in [3.8, 4) is 0 Å². The smallest absolute Gasteiger partial charge is 0.428 e. The highest BCUT2D eigenvalue weighted by Crippen LogP contribution is 2.27. The minimum atomic E-state index is -1.10. The summed E-state index contributed by atoms with van der Waals surface area (Å²) in [5, 5.41) is 0. The molecule has 0 amide bonds. The van der Waals surface area contributed by atoms with Crippen LogP contribution in [0.3, 0.4) is 0 Å². The summed E-state index contributed by atoms with van der Waals surface area (Å²) in [6.07, 6.45) is -4.15. The van der Waals surface area contributed by atoms with Crippen LogP contribution < -0.4 is 0 Å². The summed E-state index contributed by atoms with van der Waals surface area (Å²) in [5.41, 5.74) is -1.10. The van der Waals surface area contributed by atoms with Crippen LogP contribution >= 0.6 is 0 Å². The summed E-state index contributed by atoms with van der Waals surface area (Å²) in [5.74, 6) is 0. The van der Waals surface area contributed by atoms with Gasteiger partial charge in [-0.25, -0.2) is 14.4 Å². The molecule has 0 N–H and O–H groups in total. The number of hydrogen-bond acceptors (Lipinski definition) is 12. The van der Waals surface area contributed by atoms with Gasteiger partial charge in [-0.05, 0) is 6.42 Å². The van der Waals surface area contributed by atoms with Gasteiger partial charge in [-0.15, -0.1) is 0 Å². The van der Waals surface area contributed by atoms with Gasteiger partial charge in [0.05, 0.1) is 13.2 Å². The van der Waals surface area contributed by atoms with Crippen molar-refractivity contribution in [2.75, 3.05) is 33.0 Å². The zero-order chi connectivity index (χ0) is 19.3. The highest BCUT2D eigenvalue weighted by molar-refractivity contribution is 5.62. The fraction of sp³-hybridized carbons (Fsp3) is 0.800. The van der Waals surface area contributed by atoms with E-state index in [1.54, 1.807) is 0 Å². The molecule has 27 heavy (non-hydrogen) atoms. The molecule has 3 saturated heterocycles. The summed E-state index contributed by atoms with van der Waals surface area (Å²) < 4.78 is 45.7. The Bertz CT molecular complexity index is 533. The van der Waals surface area contributed by atoms with E-state index in [0.29, 0.717) is 12.8 Å². The van der Waals surface area contributed by atoms with Crippen LogP contribution in [0.5, 0.6) is 0 Å². The SMILES string of the molecule is CCCC(COC1COC(=O)O1)(COC1COC(=O)O1)OC1COC(=O)O1. The van der Waals surface area contributed by atoms with Crippen molar-refractivity contribution >= 4 is 18.5 Å². The van der Waals surface area contributed by atoms with E-state index in [1.165, 1.54) is 0 Å². The molecule has 0 aromatic carbocycles. The second kappa shape index (κ2) is 8.59. The molecular formula is C15H20O12. The zero-order valence-corrected chi connectivity index (χ0v) is 14.6. The highest BCUT2D eigenvalue weighted by atomic mass is 16.9. The Morgan fingerprint density at radius 1 is 0.815 bits per heavy atom. The lowest BCUT2D eigenvalue weighted by Crippen LogP contribution is -2.48. The highest BCUT2D eigenvalue weighted by Gasteiger charge is 2.41. The van der Waals surface area contributed by atoms with Gasteiger partial charge < -0.3 is 42.6 Å². The Morgan fingerprint density at radius 2 is 1.26 bits per heavy atom. The number of cyclic esters (lactones) is 6. The second-order valence-corrected chi connectivity index (χ2v) is 6.00. The van der Waals surface area contributed by atoms with Gasteiger partial charge in [0.25, 0.3) is 0 Å². The third-order valence-electron chi connectivity index (χ3n) is 3.85. The molecule has 3 heterocycles. The van der Waals surface area contributed by atoms with Gasteiger partial charge in [0.1, 0.15) is 5.60 Å². The van der Waals surface area contributed by atoms with Crippen molar-refractivity contribution in [1.82, 2.24) is 0 Å². The molecule has 3 fully saturated rings. The molecule has 3 unspecified atom stereocenters. The van der Waals surface area contributed by atoms with Crippen molar-refractivity contribution in [2.24, 2.45) is 0 Å². The van der Waals surface area contributed by atoms with E-state index in [0.717, 1.165) is 0 Å². The Morgan fingerprint density at radius 3 is 1.63 bits per heavy atom. The Kier molecular flexibility index (Phi) is 6.19. The van der Waals surface area contributed by atoms with E-state index >= 15 is 0 Å². The summed E-state index contributed by atoms with van der Waals surface area (Å²) in [7, 11) is 0.